The Morgan fingerprint density at radius 3 is 2.00 bits per heavy atom. The molecule has 0 aliphatic rings. The van der Waals surface area contributed by atoms with Crippen molar-refractivity contribution in [3.63, 3.8) is 0 Å². The topological polar surface area (TPSA) is 151 Å². The lowest BCUT2D eigenvalue weighted by Gasteiger charge is -2.24. The molecule has 0 spiro atoms. The van der Waals surface area contributed by atoms with Crippen molar-refractivity contribution in [2.75, 3.05) is 23.5 Å². The molecule has 0 bridgehead atoms. The summed E-state index contributed by atoms with van der Waals surface area (Å²) in [6.07, 6.45) is 2.47. The predicted molar refractivity (Wildman–Crippen MR) is 132 cm³/mol. The van der Waals surface area contributed by atoms with Crippen LogP contribution in [0.15, 0.2) is 30.3 Å². The van der Waals surface area contributed by atoms with E-state index >= 15 is 0 Å². The fourth-order valence-electron chi connectivity index (χ4n) is 2.64. The van der Waals surface area contributed by atoms with Crippen molar-refractivity contribution >= 4 is 60.7 Å². The monoisotopic (exact) mass is 502 g/mol. The van der Waals surface area contributed by atoms with Crippen molar-refractivity contribution in [2.45, 2.75) is 37.0 Å². The number of thioether (sulfide) groups is 1. The van der Waals surface area contributed by atoms with Crippen molar-refractivity contribution in [3.05, 3.63) is 35.9 Å². The van der Waals surface area contributed by atoms with E-state index in [2.05, 4.69) is 41.2 Å². The zero-order chi connectivity index (χ0) is 24.1. The molecule has 12 heteroatoms. The molecule has 0 aliphatic heterocycles. The number of hydrogen-bond acceptors (Lipinski definition) is 8. The largest absolute Gasteiger partial charge is 0.480 e. The second-order valence-corrected chi connectivity index (χ2v) is 8.68. The standard InChI is InChI=1S/C20H30N4O5S3/c1-32-8-7-13(21)17(25)23-15(10-30)19(27)22-14(9-12-5-3-2-4-6-12)18(26)24-16(11-31)20(28)29/h2-6,13-16,30-31H,7-11,21H2,1H3,(H,22,27)(H,23,25)(H,24,26)(H,28,29). The quantitative estimate of drug-likeness (QED) is 0.173. The molecule has 0 aliphatic carbocycles. The van der Waals surface area contributed by atoms with Crippen molar-refractivity contribution in [2.24, 2.45) is 5.73 Å². The van der Waals surface area contributed by atoms with Gasteiger partial charge in [-0.25, -0.2) is 4.79 Å². The molecular formula is C20H30N4O5S3. The normalized spacial score (nSPS) is 14.5. The van der Waals surface area contributed by atoms with Crippen molar-refractivity contribution in [1.29, 1.82) is 0 Å². The Balaban J connectivity index is 2.93. The van der Waals surface area contributed by atoms with Crippen molar-refractivity contribution in [3.8, 4) is 0 Å². The Morgan fingerprint density at radius 2 is 1.47 bits per heavy atom. The second-order valence-electron chi connectivity index (χ2n) is 6.96. The fourth-order valence-corrected chi connectivity index (χ4v) is 3.63. The van der Waals surface area contributed by atoms with Crippen LogP contribution < -0.4 is 21.7 Å². The Hall–Kier alpha value is -1.89. The first-order valence-electron chi connectivity index (χ1n) is 9.87. The third kappa shape index (κ3) is 9.72. The lowest BCUT2D eigenvalue weighted by molar-refractivity contribution is -0.141. The molecule has 9 nitrogen and oxygen atoms in total. The molecule has 0 saturated carbocycles. The number of benzene rings is 1. The summed E-state index contributed by atoms with van der Waals surface area (Å²) in [5, 5.41) is 16.7. The highest BCUT2D eigenvalue weighted by molar-refractivity contribution is 7.98. The summed E-state index contributed by atoms with van der Waals surface area (Å²) in [7, 11) is 0. The maximum Gasteiger partial charge on any atom is 0.327 e. The number of carbonyl (C=O) groups excluding carboxylic acids is 3. The van der Waals surface area contributed by atoms with Gasteiger partial charge in [0.25, 0.3) is 0 Å². The number of carboxylic acid groups (broad SMARTS) is 1. The number of carbonyl (C=O) groups is 4. The van der Waals surface area contributed by atoms with Crippen LogP contribution in [-0.2, 0) is 25.6 Å². The summed E-state index contributed by atoms with van der Waals surface area (Å²) in [5.41, 5.74) is 6.61. The average molecular weight is 503 g/mol. The van der Waals surface area contributed by atoms with Crippen LogP contribution in [0, 0.1) is 0 Å². The van der Waals surface area contributed by atoms with Gasteiger partial charge in [-0.15, -0.1) is 0 Å². The van der Waals surface area contributed by atoms with Crippen molar-refractivity contribution < 1.29 is 24.3 Å². The van der Waals surface area contributed by atoms with Crippen LogP contribution in [0.5, 0.6) is 0 Å². The van der Waals surface area contributed by atoms with Crippen LogP contribution >= 0.6 is 37.0 Å². The zero-order valence-electron chi connectivity index (χ0n) is 17.7. The first-order chi connectivity index (χ1) is 15.2. The molecule has 0 aromatic heterocycles. The molecule has 0 fully saturated rings. The molecule has 0 saturated heterocycles. The molecule has 0 heterocycles. The summed E-state index contributed by atoms with van der Waals surface area (Å²) >= 11 is 9.63. The summed E-state index contributed by atoms with van der Waals surface area (Å²) < 4.78 is 0. The summed E-state index contributed by atoms with van der Waals surface area (Å²) in [6.45, 7) is 0. The van der Waals surface area contributed by atoms with Gasteiger partial charge in [-0.05, 0) is 24.0 Å². The van der Waals surface area contributed by atoms with Crippen LogP contribution in [-0.4, -0.2) is 76.5 Å². The minimum Gasteiger partial charge on any atom is -0.480 e. The number of aliphatic carboxylic acids is 1. The van der Waals surface area contributed by atoms with Crippen LogP contribution in [0.25, 0.3) is 0 Å². The van der Waals surface area contributed by atoms with Crippen LogP contribution in [0.4, 0.5) is 0 Å². The number of amides is 3. The van der Waals surface area contributed by atoms with Crippen LogP contribution in [0.3, 0.4) is 0 Å². The Labute approximate surface area is 202 Å². The van der Waals surface area contributed by atoms with Gasteiger partial charge in [0, 0.05) is 17.9 Å². The Kier molecular flexibility index (Phi) is 13.2. The highest BCUT2D eigenvalue weighted by Gasteiger charge is 2.29. The maximum absolute atomic E-state index is 12.8. The summed E-state index contributed by atoms with van der Waals surface area (Å²) in [6, 6.07) is 4.87. The molecule has 1 aromatic rings. The molecule has 32 heavy (non-hydrogen) atoms. The minimum atomic E-state index is -1.24. The number of nitrogens with two attached hydrogens (primary N) is 1. The summed E-state index contributed by atoms with van der Waals surface area (Å²) in [5.74, 6) is -2.46. The van der Waals surface area contributed by atoms with Gasteiger partial charge >= 0.3 is 5.97 Å². The highest BCUT2D eigenvalue weighted by Crippen LogP contribution is 2.06. The van der Waals surface area contributed by atoms with Gasteiger partial charge in [0.2, 0.25) is 17.7 Å². The Morgan fingerprint density at radius 1 is 0.938 bits per heavy atom. The minimum absolute atomic E-state index is 0.0130. The van der Waals surface area contributed by atoms with E-state index in [1.54, 1.807) is 36.0 Å². The molecule has 0 radical (unpaired) electrons. The van der Waals surface area contributed by atoms with Gasteiger partial charge in [0.1, 0.15) is 18.1 Å². The third-order valence-corrected chi connectivity index (χ3v) is 5.87. The zero-order valence-corrected chi connectivity index (χ0v) is 20.3. The Bertz CT molecular complexity index is 769. The smallest absolute Gasteiger partial charge is 0.327 e. The van der Waals surface area contributed by atoms with Gasteiger partial charge in [-0.3, -0.25) is 14.4 Å². The average Bonchev–Trinajstić information content (AvgIpc) is 2.78. The molecule has 1 aromatic carbocycles. The van der Waals surface area contributed by atoms with E-state index in [9.17, 15) is 24.3 Å². The SMILES string of the molecule is CSCCC(N)C(=O)NC(CS)C(=O)NC(Cc1ccccc1)C(=O)NC(CS)C(=O)O. The first-order valence-corrected chi connectivity index (χ1v) is 12.5. The molecule has 3 amide bonds. The number of nitrogens with one attached hydrogen (secondary N) is 3. The van der Waals surface area contributed by atoms with Crippen LogP contribution in [0.1, 0.15) is 12.0 Å². The fraction of sp³-hybridized carbons (Fsp3) is 0.500. The van der Waals surface area contributed by atoms with Crippen molar-refractivity contribution in [1.82, 2.24) is 16.0 Å². The second kappa shape index (κ2) is 15.0. The maximum atomic E-state index is 12.8. The summed E-state index contributed by atoms with van der Waals surface area (Å²) in [4.78, 5) is 49.1. The third-order valence-electron chi connectivity index (χ3n) is 4.50. The van der Waals surface area contributed by atoms with E-state index in [0.717, 1.165) is 5.56 Å². The molecule has 4 atom stereocenters. The van der Waals surface area contributed by atoms with E-state index in [1.165, 1.54) is 0 Å². The van der Waals surface area contributed by atoms with E-state index in [0.29, 0.717) is 12.2 Å². The van der Waals surface area contributed by atoms with Gasteiger partial charge in [-0.2, -0.15) is 37.0 Å². The van der Waals surface area contributed by atoms with E-state index in [4.69, 9.17) is 5.73 Å². The highest BCUT2D eigenvalue weighted by atomic mass is 32.2. The van der Waals surface area contributed by atoms with E-state index < -0.39 is 47.9 Å². The van der Waals surface area contributed by atoms with Gasteiger partial charge in [0.05, 0.1) is 6.04 Å². The van der Waals surface area contributed by atoms with Crippen LogP contribution in [0.2, 0.25) is 0 Å². The lowest BCUT2D eigenvalue weighted by Crippen LogP contribution is -2.58. The number of hydrogen-bond donors (Lipinski definition) is 7. The van der Waals surface area contributed by atoms with Gasteiger partial charge in [0.15, 0.2) is 0 Å². The molecular weight excluding hydrogens is 472 g/mol. The van der Waals surface area contributed by atoms with Gasteiger partial charge < -0.3 is 26.8 Å². The number of rotatable bonds is 14. The molecule has 4 unspecified atom stereocenters. The lowest BCUT2D eigenvalue weighted by atomic mass is 10.0. The molecule has 178 valence electrons. The number of thiol groups is 2. The van der Waals surface area contributed by atoms with E-state index in [1.807, 2.05) is 12.3 Å². The number of carboxylic acids is 1. The predicted octanol–water partition coefficient (Wildman–Crippen LogP) is -0.292. The molecule has 6 N–H and O–H groups in total. The first kappa shape index (κ1) is 28.1. The molecule has 1 rings (SSSR count). The van der Waals surface area contributed by atoms with E-state index in [-0.39, 0.29) is 17.9 Å². The van der Waals surface area contributed by atoms with Gasteiger partial charge in [-0.1, -0.05) is 30.3 Å².